The lowest BCUT2D eigenvalue weighted by molar-refractivity contribution is -0.141. The van der Waals surface area contributed by atoms with Gasteiger partial charge in [-0.15, -0.1) is 11.3 Å². The van der Waals surface area contributed by atoms with Crippen LogP contribution in [0.2, 0.25) is 0 Å². The molecular formula is C43H49N5O10S2. The Morgan fingerprint density at radius 3 is 2.60 bits per heavy atom. The molecule has 3 aliphatic carbocycles. The summed E-state index contributed by atoms with van der Waals surface area (Å²) in [5.41, 5.74) is 0.631. The molecule has 5 aliphatic rings. The predicted octanol–water partition coefficient (Wildman–Crippen LogP) is 6.11. The van der Waals surface area contributed by atoms with Gasteiger partial charge in [-0.3, -0.25) is 19.1 Å². The Hall–Kier alpha value is -5.16. The molecule has 1 saturated heterocycles. The van der Waals surface area contributed by atoms with Crippen molar-refractivity contribution in [1.29, 1.82) is 0 Å². The molecule has 17 heteroatoms. The van der Waals surface area contributed by atoms with E-state index < -0.39 is 68.7 Å². The second kappa shape index (κ2) is 16.4. The first-order valence-corrected chi connectivity index (χ1v) is 23.4. The van der Waals surface area contributed by atoms with Crippen LogP contribution in [0.4, 0.5) is 4.79 Å². The molecule has 4 amide bonds. The Morgan fingerprint density at radius 1 is 1.02 bits per heavy atom. The lowest BCUT2D eigenvalue weighted by Gasteiger charge is -2.30. The Kier molecular flexibility index (Phi) is 11.0. The van der Waals surface area contributed by atoms with Gasteiger partial charge in [0, 0.05) is 18.4 Å². The lowest BCUT2D eigenvalue weighted by atomic mass is 10.0. The number of alkyl carbamates (subject to hydrolysis) is 1. The number of nitrogens with one attached hydrogen (secondary N) is 3. The monoisotopic (exact) mass is 859 g/mol. The summed E-state index contributed by atoms with van der Waals surface area (Å²) in [6.45, 7) is -0.0302. The quantitative estimate of drug-likeness (QED) is 0.165. The minimum atomic E-state index is -3.91. The minimum Gasteiger partial charge on any atom is -0.497 e. The molecule has 9 rings (SSSR count). The van der Waals surface area contributed by atoms with E-state index in [-0.39, 0.29) is 25.5 Å². The van der Waals surface area contributed by atoms with Gasteiger partial charge in [-0.05, 0) is 93.9 Å². The number of pyridine rings is 1. The number of rotatable bonds is 9. The predicted molar refractivity (Wildman–Crippen MR) is 223 cm³/mol. The van der Waals surface area contributed by atoms with Crippen LogP contribution < -0.4 is 24.8 Å². The van der Waals surface area contributed by atoms with Gasteiger partial charge >= 0.3 is 6.09 Å². The largest absolute Gasteiger partial charge is 0.497 e. The average molecular weight is 860 g/mol. The highest BCUT2D eigenvalue weighted by atomic mass is 32.2. The number of benzene rings is 1. The summed E-state index contributed by atoms with van der Waals surface area (Å²) >= 11 is 1.51. The third-order valence-corrected chi connectivity index (χ3v) is 15.1. The topological polar surface area (TPSA) is 195 Å². The van der Waals surface area contributed by atoms with E-state index in [1.807, 2.05) is 35.7 Å². The normalized spacial score (nSPS) is 27.0. The van der Waals surface area contributed by atoms with Crippen molar-refractivity contribution in [2.24, 2.45) is 5.92 Å². The number of allylic oxidation sites excluding steroid dienone is 1. The summed E-state index contributed by atoms with van der Waals surface area (Å²) < 4.78 is 52.4. The van der Waals surface area contributed by atoms with Crippen LogP contribution in [0.15, 0.2) is 58.3 Å². The van der Waals surface area contributed by atoms with Crippen LogP contribution in [0, 0.1) is 5.92 Å². The maximum atomic E-state index is 14.8. The summed E-state index contributed by atoms with van der Waals surface area (Å²) in [7, 11) is -2.33. The number of furan rings is 1. The molecule has 0 unspecified atom stereocenters. The summed E-state index contributed by atoms with van der Waals surface area (Å²) in [6, 6.07) is 8.98. The standard InChI is InChI=1S/C43H49N5O10S2/c1-55-27-15-18-34-30(20-27)37-38(58-34)35(22-32(44-37)36-14-9-19-59-36)56-28-21-33-39(49)46-43(41(51)47-60(53,54)29-16-17-29)23-25(43)10-5-3-2-4-6-13-31(40(50)48(33)24-28)45-42(52)57-26-11-7-8-12-26/h5,9-10,14-15,18-20,22,25-26,28-29,31,33H,2-4,6-8,11-13,16-17,21,23-24H2,1H3,(H,45,52)(H,46,49)(H,47,51)/b10-5-/t25-,28+,31-,33-,43+/m0/s1. The molecule has 2 aliphatic heterocycles. The van der Waals surface area contributed by atoms with E-state index in [1.165, 1.54) is 16.2 Å². The van der Waals surface area contributed by atoms with Crippen LogP contribution in [-0.2, 0) is 29.1 Å². The number of thiophene rings is 1. The van der Waals surface area contributed by atoms with Crippen molar-refractivity contribution in [2.45, 2.75) is 119 Å². The van der Waals surface area contributed by atoms with Crippen molar-refractivity contribution >= 4 is 67.2 Å². The van der Waals surface area contributed by atoms with Gasteiger partial charge in [-0.25, -0.2) is 18.2 Å². The van der Waals surface area contributed by atoms with Crippen molar-refractivity contribution in [3.63, 3.8) is 0 Å². The van der Waals surface area contributed by atoms with Gasteiger partial charge in [0.15, 0.2) is 11.3 Å². The summed E-state index contributed by atoms with van der Waals surface area (Å²) in [6.07, 6.45) is 10.0. The maximum absolute atomic E-state index is 14.8. The van der Waals surface area contributed by atoms with E-state index in [2.05, 4.69) is 15.4 Å². The van der Waals surface area contributed by atoms with Gasteiger partial charge in [-0.1, -0.05) is 31.1 Å². The van der Waals surface area contributed by atoms with Crippen LogP contribution >= 0.6 is 11.3 Å². The molecular weight excluding hydrogens is 811 g/mol. The molecule has 0 radical (unpaired) electrons. The van der Waals surface area contributed by atoms with E-state index in [9.17, 15) is 27.6 Å². The molecule has 4 aromatic rings. The molecule has 3 N–H and O–H groups in total. The van der Waals surface area contributed by atoms with Crippen LogP contribution in [0.1, 0.15) is 83.5 Å². The van der Waals surface area contributed by atoms with Gasteiger partial charge in [0.2, 0.25) is 21.8 Å². The van der Waals surface area contributed by atoms with Crippen molar-refractivity contribution in [3.05, 3.63) is 53.9 Å². The zero-order chi connectivity index (χ0) is 41.6. The first-order valence-electron chi connectivity index (χ1n) is 21.0. The van der Waals surface area contributed by atoms with E-state index in [0.29, 0.717) is 66.0 Å². The van der Waals surface area contributed by atoms with Crippen LogP contribution in [0.25, 0.3) is 32.6 Å². The summed E-state index contributed by atoms with van der Waals surface area (Å²) in [5.74, 6) is -1.34. The van der Waals surface area contributed by atoms with E-state index in [0.717, 1.165) is 48.8 Å². The number of sulfonamides is 1. The van der Waals surface area contributed by atoms with Gasteiger partial charge in [0.1, 0.15) is 46.7 Å². The second-order valence-electron chi connectivity index (χ2n) is 16.6. The Labute approximate surface area is 351 Å². The first kappa shape index (κ1) is 40.3. The molecule has 318 valence electrons. The van der Waals surface area contributed by atoms with Crippen LogP contribution in [0.5, 0.6) is 11.5 Å². The van der Waals surface area contributed by atoms with E-state index in [1.54, 1.807) is 25.3 Å². The van der Waals surface area contributed by atoms with Crippen LogP contribution in [0.3, 0.4) is 0 Å². The van der Waals surface area contributed by atoms with E-state index in [4.69, 9.17) is 23.6 Å². The van der Waals surface area contributed by atoms with E-state index >= 15 is 0 Å². The third-order valence-electron chi connectivity index (χ3n) is 12.4. The average Bonchev–Trinajstić information content (AvgIpc) is 3.84. The first-order chi connectivity index (χ1) is 29.0. The number of hydrogen-bond acceptors (Lipinski definition) is 12. The third kappa shape index (κ3) is 8.17. The highest BCUT2D eigenvalue weighted by molar-refractivity contribution is 7.91. The Bertz CT molecular complexity index is 2440. The lowest BCUT2D eigenvalue weighted by Crippen LogP contribution is -2.58. The number of methoxy groups -OCH3 is 1. The zero-order valence-corrected chi connectivity index (χ0v) is 35.0. The highest BCUT2D eigenvalue weighted by Crippen LogP contribution is 2.46. The SMILES string of the molecule is COc1ccc2oc3c(O[C@@H]4C[C@H]5C(=O)N[C@]6(C(=O)NS(=O)(=O)C7CC7)C[C@@H]6/C=C\CCCCC[C@H](NC(=O)OC6CCCC6)C(=O)N5C4)cc(-c4cccs4)nc3c2c1. The molecule has 5 atom stereocenters. The number of ether oxygens (including phenoxy) is 3. The molecule has 3 saturated carbocycles. The maximum Gasteiger partial charge on any atom is 0.408 e. The van der Waals surface area contributed by atoms with Crippen molar-refractivity contribution in [3.8, 4) is 22.1 Å². The summed E-state index contributed by atoms with van der Waals surface area (Å²) in [5, 5.41) is 7.79. The number of fused-ring (bicyclic) bond motifs is 5. The molecule has 5 heterocycles. The summed E-state index contributed by atoms with van der Waals surface area (Å²) in [4.78, 5) is 63.8. The molecule has 3 aromatic heterocycles. The number of carbonyl (C=O) groups excluding carboxylic acids is 4. The van der Waals surface area contributed by atoms with Crippen LogP contribution in [-0.4, -0.2) is 90.9 Å². The molecule has 60 heavy (non-hydrogen) atoms. The van der Waals surface area contributed by atoms with Gasteiger partial charge < -0.3 is 34.2 Å². The number of amides is 4. The number of aromatic nitrogens is 1. The number of hydrogen-bond donors (Lipinski definition) is 3. The molecule has 0 bridgehead atoms. The smallest absolute Gasteiger partial charge is 0.408 e. The van der Waals surface area contributed by atoms with Crippen molar-refractivity contribution in [1.82, 2.24) is 25.2 Å². The fraction of sp³-hybridized carbons (Fsp3) is 0.512. The van der Waals surface area contributed by atoms with Crippen molar-refractivity contribution < 1.29 is 46.2 Å². The molecule has 1 aromatic carbocycles. The van der Waals surface area contributed by atoms with Crippen molar-refractivity contribution in [2.75, 3.05) is 13.7 Å². The van der Waals surface area contributed by atoms with Gasteiger partial charge in [-0.2, -0.15) is 0 Å². The highest BCUT2D eigenvalue weighted by Gasteiger charge is 2.62. The second-order valence-corrected chi connectivity index (χ2v) is 19.5. The molecule has 0 spiro atoms. The number of carbonyl (C=O) groups is 4. The molecule has 4 fully saturated rings. The van der Waals surface area contributed by atoms with Gasteiger partial charge in [0.05, 0.1) is 34.9 Å². The van der Waals surface area contributed by atoms with Gasteiger partial charge in [0.25, 0.3) is 5.91 Å². The Balaban J connectivity index is 1.05. The fourth-order valence-corrected chi connectivity index (χ4v) is 10.9. The number of nitrogens with zero attached hydrogens (tertiary/aromatic N) is 2. The Morgan fingerprint density at radius 2 is 1.83 bits per heavy atom. The fourth-order valence-electron chi connectivity index (χ4n) is 8.81. The zero-order valence-electron chi connectivity index (χ0n) is 33.4. The molecule has 15 nitrogen and oxygen atoms in total. The minimum absolute atomic E-state index is 0.0294.